The van der Waals surface area contributed by atoms with Crippen LogP contribution < -0.4 is 10.7 Å². The fourth-order valence-electron chi connectivity index (χ4n) is 2.99. The SMILES string of the molecule is O=c1c2ccccc2c(-c2cccc(C=[NH+][O-])c2)nn1-c1ccccc1. The van der Waals surface area contributed by atoms with Crippen LogP contribution in [0.5, 0.6) is 0 Å². The molecule has 0 fully saturated rings. The van der Waals surface area contributed by atoms with E-state index in [1.54, 1.807) is 11.2 Å². The van der Waals surface area contributed by atoms with Crippen LogP contribution in [0.25, 0.3) is 27.7 Å². The summed E-state index contributed by atoms with van der Waals surface area (Å²) in [5.74, 6) is 0. The van der Waals surface area contributed by atoms with E-state index in [4.69, 9.17) is 0 Å². The standard InChI is InChI=1S/C21H15N3O2/c25-21-19-12-5-4-11-18(19)20(16-8-6-7-15(13-16)14-22-26)23-24(21)17-9-2-1-3-10-17/h1-14,22H. The Kier molecular flexibility index (Phi) is 4.03. The van der Waals surface area contributed by atoms with E-state index in [1.165, 1.54) is 10.9 Å². The molecular formula is C21H15N3O2. The van der Waals surface area contributed by atoms with Crippen molar-refractivity contribution in [3.05, 3.63) is 100.0 Å². The van der Waals surface area contributed by atoms with Crippen molar-refractivity contribution in [3.63, 3.8) is 0 Å². The summed E-state index contributed by atoms with van der Waals surface area (Å²) in [7, 11) is 0. The maximum absolute atomic E-state index is 12.9. The van der Waals surface area contributed by atoms with E-state index in [9.17, 15) is 10.0 Å². The maximum Gasteiger partial charge on any atom is 0.279 e. The number of benzene rings is 3. The summed E-state index contributed by atoms with van der Waals surface area (Å²) in [5.41, 5.74) is 2.79. The highest BCUT2D eigenvalue weighted by Crippen LogP contribution is 2.25. The predicted molar refractivity (Wildman–Crippen MR) is 102 cm³/mol. The minimum atomic E-state index is -0.167. The van der Waals surface area contributed by atoms with Crippen molar-refractivity contribution < 1.29 is 5.16 Å². The monoisotopic (exact) mass is 341 g/mol. The Bertz CT molecular complexity index is 1160. The third-order valence-electron chi connectivity index (χ3n) is 4.19. The molecule has 0 unspecified atom stereocenters. The molecule has 1 heterocycles. The van der Waals surface area contributed by atoms with E-state index in [-0.39, 0.29) is 5.56 Å². The van der Waals surface area contributed by atoms with Crippen LogP contribution in [0, 0.1) is 5.21 Å². The first kappa shape index (κ1) is 15.8. The van der Waals surface area contributed by atoms with Crippen LogP contribution in [0.1, 0.15) is 5.56 Å². The average Bonchev–Trinajstić information content (AvgIpc) is 2.70. The van der Waals surface area contributed by atoms with Gasteiger partial charge in [-0.2, -0.15) is 9.78 Å². The first-order chi connectivity index (χ1) is 12.8. The molecule has 0 aliphatic heterocycles. The van der Waals surface area contributed by atoms with E-state index < -0.39 is 0 Å². The normalized spacial score (nSPS) is 11.2. The summed E-state index contributed by atoms with van der Waals surface area (Å²) in [4.78, 5) is 12.9. The molecule has 0 aliphatic rings. The van der Waals surface area contributed by atoms with Gasteiger partial charge in [-0.3, -0.25) is 4.79 Å². The molecule has 5 nitrogen and oxygen atoms in total. The van der Waals surface area contributed by atoms with Crippen LogP contribution in [0.3, 0.4) is 0 Å². The topological polar surface area (TPSA) is 71.9 Å². The van der Waals surface area contributed by atoms with Crippen molar-refractivity contribution in [3.8, 4) is 16.9 Å². The zero-order chi connectivity index (χ0) is 17.9. The van der Waals surface area contributed by atoms with Crippen molar-refractivity contribution >= 4 is 17.0 Å². The lowest BCUT2D eigenvalue weighted by Crippen LogP contribution is -2.60. The molecular weight excluding hydrogens is 326 g/mol. The first-order valence-corrected chi connectivity index (χ1v) is 8.17. The van der Waals surface area contributed by atoms with Gasteiger partial charge in [-0.15, -0.1) is 0 Å². The van der Waals surface area contributed by atoms with Crippen molar-refractivity contribution in [2.75, 3.05) is 0 Å². The molecule has 0 saturated heterocycles. The van der Waals surface area contributed by atoms with Gasteiger partial charge >= 0.3 is 0 Å². The second-order valence-electron chi connectivity index (χ2n) is 5.83. The molecule has 26 heavy (non-hydrogen) atoms. The number of nitrogens with one attached hydrogen (secondary N) is 1. The molecule has 0 atom stereocenters. The van der Waals surface area contributed by atoms with Gasteiger partial charge in [0.25, 0.3) is 5.56 Å². The molecule has 0 aliphatic carbocycles. The fraction of sp³-hybridized carbons (Fsp3) is 0. The summed E-state index contributed by atoms with van der Waals surface area (Å²) in [5, 5.41) is 18.5. The average molecular weight is 341 g/mol. The minimum absolute atomic E-state index is 0.167. The Morgan fingerprint density at radius 3 is 2.38 bits per heavy atom. The lowest BCUT2D eigenvalue weighted by atomic mass is 10.0. The molecule has 4 aromatic rings. The predicted octanol–water partition coefficient (Wildman–Crippen LogP) is 2.05. The highest BCUT2D eigenvalue weighted by atomic mass is 16.4. The van der Waals surface area contributed by atoms with Gasteiger partial charge in [0.2, 0.25) is 0 Å². The van der Waals surface area contributed by atoms with Crippen LogP contribution in [0.2, 0.25) is 0 Å². The quantitative estimate of drug-likeness (QED) is 0.352. The summed E-state index contributed by atoms with van der Waals surface area (Å²) < 4.78 is 1.42. The van der Waals surface area contributed by atoms with Crippen molar-refractivity contribution in [1.29, 1.82) is 0 Å². The van der Waals surface area contributed by atoms with E-state index in [1.807, 2.05) is 72.8 Å². The van der Waals surface area contributed by atoms with Crippen molar-refractivity contribution in [2.45, 2.75) is 0 Å². The van der Waals surface area contributed by atoms with E-state index in [2.05, 4.69) is 5.10 Å². The zero-order valence-corrected chi connectivity index (χ0v) is 13.8. The van der Waals surface area contributed by atoms with Crippen LogP contribution in [0.15, 0.2) is 83.7 Å². The van der Waals surface area contributed by atoms with Crippen molar-refractivity contribution in [1.82, 2.24) is 9.78 Å². The van der Waals surface area contributed by atoms with Gasteiger partial charge in [0.05, 0.1) is 16.8 Å². The summed E-state index contributed by atoms with van der Waals surface area (Å²) in [6.45, 7) is 0. The summed E-state index contributed by atoms with van der Waals surface area (Å²) in [6, 6.07) is 24.2. The van der Waals surface area contributed by atoms with E-state index >= 15 is 0 Å². The Hall–Kier alpha value is -3.73. The fourth-order valence-corrected chi connectivity index (χ4v) is 2.99. The Labute approximate surface area is 149 Å². The molecule has 0 bridgehead atoms. The largest absolute Gasteiger partial charge is 0.625 e. The number of hydrogen-bond donors (Lipinski definition) is 1. The Morgan fingerprint density at radius 1 is 0.885 bits per heavy atom. The number of aromatic nitrogens is 2. The van der Waals surface area contributed by atoms with Gasteiger partial charge < -0.3 is 5.21 Å². The highest BCUT2D eigenvalue weighted by Gasteiger charge is 2.13. The van der Waals surface area contributed by atoms with E-state index in [0.29, 0.717) is 16.8 Å². The van der Waals surface area contributed by atoms with Crippen LogP contribution in [0.4, 0.5) is 0 Å². The number of fused-ring (bicyclic) bond motifs is 1. The second-order valence-corrected chi connectivity index (χ2v) is 5.83. The van der Waals surface area contributed by atoms with Gasteiger partial charge in [0, 0.05) is 16.5 Å². The lowest BCUT2D eigenvalue weighted by molar-refractivity contribution is -0.366. The van der Waals surface area contributed by atoms with Gasteiger partial charge in [0.15, 0.2) is 6.21 Å². The van der Waals surface area contributed by atoms with Crippen LogP contribution >= 0.6 is 0 Å². The Balaban J connectivity index is 2.05. The van der Waals surface area contributed by atoms with Gasteiger partial charge in [-0.05, 0) is 30.3 Å². The first-order valence-electron chi connectivity index (χ1n) is 8.17. The molecule has 4 rings (SSSR count). The van der Waals surface area contributed by atoms with Gasteiger partial charge in [-0.1, -0.05) is 48.5 Å². The molecule has 1 aromatic heterocycles. The summed E-state index contributed by atoms with van der Waals surface area (Å²) in [6.07, 6.45) is 1.37. The number of rotatable bonds is 3. The smallest absolute Gasteiger partial charge is 0.279 e. The molecule has 0 saturated carbocycles. The zero-order valence-electron chi connectivity index (χ0n) is 13.8. The van der Waals surface area contributed by atoms with Crippen LogP contribution in [-0.4, -0.2) is 16.0 Å². The minimum Gasteiger partial charge on any atom is -0.625 e. The van der Waals surface area contributed by atoms with Crippen molar-refractivity contribution in [2.24, 2.45) is 0 Å². The second kappa shape index (κ2) is 6.64. The Morgan fingerprint density at radius 2 is 1.62 bits per heavy atom. The molecule has 0 spiro atoms. The third-order valence-corrected chi connectivity index (χ3v) is 4.19. The molecule has 126 valence electrons. The molecule has 5 heteroatoms. The van der Waals surface area contributed by atoms with E-state index in [0.717, 1.165) is 16.5 Å². The lowest BCUT2D eigenvalue weighted by Gasteiger charge is -2.11. The number of nitrogens with zero attached hydrogens (tertiary/aromatic N) is 2. The maximum atomic E-state index is 12.9. The molecule has 0 radical (unpaired) electrons. The molecule has 3 aromatic carbocycles. The molecule has 1 N–H and O–H groups in total. The van der Waals surface area contributed by atoms with Gasteiger partial charge in [-0.25, -0.2) is 5.16 Å². The summed E-state index contributed by atoms with van der Waals surface area (Å²) >= 11 is 0. The number of para-hydroxylation sites is 1. The highest BCUT2D eigenvalue weighted by molar-refractivity contribution is 5.94. The van der Waals surface area contributed by atoms with Gasteiger partial charge in [0.1, 0.15) is 0 Å². The molecule has 0 amide bonds. The number of hydrogen-bond acceptors (Lipinski definition) is 3. The van der Waals surface area contributed by atoms with Crippen LogP contribution in [-0.2, 0) is 0 Å². The third kappa shape index (κ3) is 2.75.